The summed E-state index contributed by atoms with van der Waals surface area (Å²) in [6.07, 6.45) is 2.55. The predicted octanol–water partition coefficient (Wildman–Crippen LogP) is 2.76. The number of nitrogens with one attached hydrogen (secondary N) is 3. The number of aromatic nitrogens is 3. The number of anilines is 3. The van der Waals surface area contributed by atoms with Crippen LogP contribution in [-0.2, 0) is 5.41 Å². The summed E-state index contributed by atoms with van der Waals surface area (Å²) in [4.78, 5) is 43.5. The Morgan fingerprint density at radius 3 is 2.03 bits per heavy atom. The SMILES string of the molecule is CC(C)(C)c1cc(NC(=O)Nc2ccc(NC(=O)c3nccnc3C(N)=O)cc2)no1. The van der Waals surface area contributed by atoms with E-state index in [1.165, 1.54) is 12.4 Å². The van der Waals surface area contributed by atoms with Crippen molar-refractivity contribution < 1.29 is 18.9 Å². The number of carbonyl (C=O) groups excluding carboxylic acids is 3. The Kier molecular flexibility index (Phi) is 5.95. The van der Waals surface area contributed by atoms with Crippen molar-refractivity contribution in [3.8, 4) is 0 Å². The molecule has 0 saturated carbocycles. The lowest BCUT2D eigenvalue weighted by Gasteiger charge is -2.12. The predicted molar refractivity (Wildman–Crippen MR) is 113 cm³/mol. The third-order valence-corrected chi connectivity index (χ3v) is 4.04. The van der Waals surface area contributed by atoms with Gasteiger partial charge in [0.25, 0.3) is 11.8 Å². The minimum Gasteiger partial charge on any atom is -0.364 e. The summed E-state index contributed by atoms with van der Waals surface area (Å²) in [6.45, 7) is 5.91. The third-order valence-electron chi connectivity index (χ3n) is 4.04. The Bertz CT molecular complexity index is 1120. The highest BCUT2D eigenvalue weighted by Crippen LogP contribution is 2.24. The maximum absolute atomic E-state index is 12.4. The highest BCUT2D eigenvalue weighted by atomic mass is 16.5. The fourth-order valence-corrected chi connectivity index (χ4v) is 2.48. The molecule has 31 heavy (non-hydrogen) atoms. The molecule has 4 amide bonds. The Hall–Kier alpha value is -4.28. The fraction of sp³-hybridized carbons (Fsp3) is 0.200. The van der Waals surface area contributed by atoms with Gasteiger partial charge in [-0.3, -0.25) is 14.9 Å². The molecule has 3 aromatic rings. The molecule has 0 aliphatic carbocycles. The Morgan fingerprint density at radius 2 is 1.48 bits per heavy atom. The van der Waals surface area contributed by atoms with Crippen LogP contribution in [0.4, 0.5) is 22.0 Å². The zero-order valence-corrected chi connectivity index (χ0v) is 17.1. The van der Waals surface area contributed by atoms with E-state index in [1.807, 2.05) is 20.8 Å². The molecule has 3 rings (SSSR count). The minimum atomic E-state index is -0.856. The highest BCUT2D eigenvalue weighted by molar-refractivity contribution is 6.09. The summed E-state index contributed by atoms with van der Waals surface area (Å²) in [5.41, 5.74) is 5.48. The van der Waals surface area contributed by atoms with Gasteiger partial charge in [-0.1, -0.05) is 25.9 Å². The van der Waals surface area contributed by atoms with E-state index in [1.54, 1.807) is 30.3 Å². The summed E-state index contributed by atoms with van der Waals surface area (Å²) < 4.78 is 5.22. The molecule has 5 N–H and O–H groups in total. The summed E-state index contributed by atoms with van der Waals surface area (Å²) in [6, 6.07) is 7.47. The highest BCUT2D eigenvalue weighted by Gasteiger charge is 2.20. The van der Waals surface area contributed by atoms with Crippen LogP contribution in [0.25, 0.3) is 0 Å². The lowest BCUT2D eigenvalue weighted by Crippen LogP contribution is -2.23. The van der Waals surface area contributed by atoms with Crippen LogP contribution in [0.2, 0.25) is 0 Å². The first kappa shape index (κ1) is 21.4. The minimum absolute atomic E-state index is 0.182. The molecule has 1 aromatic carbocycles. The van der Waals surface area contributed by atoms with Crippen LogP contribution in [0.15, 0.2) is 47.2 Å². The molecule has 11 nitrogen and oxygen atoms in total. The van der Waals surface area contributed by atoms with Gasteiger partial charge in [-0.15, -0.1) is 0 Å². The van der Waals surface area contributed by atoms with Gasteiger partial charge in [0.05, 0.1) is 0 Å². The van der Waals surface area contributed by atoms with Crippen LogP contribution in [-0.4, -0.2) is 33.0 Å². The van der Waals surface area contributed by atoms with Crippen molar-refractivity contribution in [1.82, 2.24) is 15.1 Å². The smallest absolute Gasteiger partial charge is 0.324 e. The Balaban J connectivity index is 1.60. The molecular weight excluding hydrogens is 402 g/mol. The van der Waals surface area contributed by atoms with Gasteiger partial charge in [0.15, 0.2) is 17.2 Å². The molecule has 160 valence electrons. The van der Waals surface area contributed by atoms with Crippen LogP contribution in [0.3, 0.4) is 0 Å². The Morgan fingerprint density at radius 1 is 0.903 bits per heavy atom. The van der Waals surface area contributed by atoms with Crippen molar-refractivity contribution in [2.24, 2.45) is 5.73 Å². The second kappa shape index (κ2) is 8.61. The summed E-state index contributed by atoms with van der Waals surface area (Å²) in [5.74, 6) is -0.558. The van der Waals surface area contributed by atoms with Crippen LogP contribution >= 0.6 is 0 Å². The van der Waals surface area contributed by atoms with E-state index in [0.717, 1.165) is 0 Å². The number of nitrogens with two attached hydrogens (primary N) is 1. The van der Waals surface area contributed by atoms with Crippen molar-refractivity contribution in [1.29, 1.82) is 0 Å². The van der Waals surface area contributed by atoms with Crippen LogP contribution in [0.1, 0.15) is 47.5 Å². The third kappa shape index (κ3) is 5.41. The molecule has 0 spiro atoms. The Labute approximate surface area is 177 Å². The van der Waals surface area contributed by atoms with Gasteiger partial charge in [0.2, 0.25) is 0 Å². The average Bonchev–Trinajstić information content (AvgIpc) is 3.18. The zero-order valence-electron chi connectivity index (χ0n) is 17.1. The van der Waals surface area contributed by atoms with Crippen molar-refractivity contribution in [2.45, 2.75) is 26.2 Å². The number of carbonyl (C=O) groups is 3. The van der Waals surface area contributed by atoms with Gasteiger partial charge in [-0.05, 0) is 24.3 Å². The maximum Gasteiger partial charge on any atom is 0.324 e. The molecule has 2 aromatic heterocycles. The van der Waals surface area contributed by atoms with E-state index in [2.05, 4.69) is 31.1 Å². The summed E-state index contributed by atoms with van der Waals surface area (Å²) >= 11 is 0. The molecule has 0 radical (unpaired) electrons. The number of primary amides is 1. The fourth-order valence-electron chi connectivity index (χ4n) is 2.48. The largest absolute Gasteiger partial charge is 0.364 e. The van der Waals surface area contributed by atoms with Crippen LogP contribution in [0, 0.1) is 0 Å². The maximum atomic E-state index is 12.4. The van der Waals surface area contributed by atoms with Crippen LogP contribution < -0.4 is 21.7 Å². The van der Waals surface area contributed by atoms with E-state index >= 15 is 0 Å². The molecule has 0 fully saturated rings. The van der Waals surface area contributed by atoms with E-state index in [-0.39, 0.29) is 16.8 Å². The number of amides is 4. The molecule has 0 aliphatic rings. The number of rotatable bonds is 5. The molecule has 0 atom stereocenters. The zero-order chi connectivity index (χ0) is 22.6. The second-order valence-electron chi connectivity index (χ2n) is 7.55. The van der Waals surface area contributed by atoms with Gasteiger partial charge in [-0.25, -0.2) is 14.8 Å². The average molecular weight is 423 g/mol. The van der Waals surface area contributed by atoms with Crippen molar-refractivity contribution in [3.63, 3.8) is 0 Å². The molecule has 11 heteroatoms. The van der Waals surface area contributed by atoms with Gasteiger partial charge in [0, 0.05) is 35.2 Å². The van der Waals surface area contributed by atoms with E-state index in [4.69, 9.17) is 10.3 Å². The van der Waals surface area contributed by atoms with Gasteiger partial charge < -0.3 is 20.9 Å². The first-order valence-corrected chi connectivity index (χ1v) is 9.21. The number of nitrogens with zero attached hydrogens (tertiary/aromatic N) is 3. The molecular formula is C20H21N7O4. The lowest BCUT2D eigenvalue weighted by molar-refractivity contribution is 0.0969. The molecule has 0 saturated heterocycles. The summed E-state index contributed by atoms with van der Waals surface area (Å²) in [7, 11) is 0. The number of hydrogen-bond donors (Lipinski definition) is 4. The van der Waals surface area contributed by atoms with E-state index < -0.39 is 17.8 Å². The first-order chi connectivity index (χ1) is 14.6. The quantitative estimate of drug-likeness (QED) is 0.490. The molecule has 2 heterocycles. The van der Waals surface area contributed by atoms with Gasteiger partial charge in [-0.2, -0.15) is 0 Å². The van der Waals surface area contributed by atoms with Gasteiger partial charge in [0.1, 0.15) is 5.76 Å². The van der Waals surface area contributed by atoms with Crippen LogP contribution in [0.5, 0.6) is 0 Å². The van der Waals surface area contributed by atoms with Crippen molar-refractivity contribution >= 4 is 35.0 Å². The first-order valence-electron chi connectivity index (χ1n) is 9.21. The summed E-state index contributed by atoms with van der Waals surface area (Å²) in [5, 5.41) is 11.6. The standard InChI is InChI=1S/C20H21N7O4/c1-20(2,3)13-10-14(27-31-13)26-19(30)25-12-6-4-11(5-7-12)24-18(29)16-15(17(21)28)22-8-9-23-16/h4-10H,1-3H3,(H2,21,28)(H,24,29)(H2,25,26,27,30). The molecule has 0 bridgehead atoms. The number of hydrogen-bond acceptors (Lipinski definition) is 7. The molecule has 0 aliphatic heterocycles. The topological polar surface area (TPSA) is 165 Å². The van der Waals surface area contributed by atoms with Gasteiger partial charge >= 0.3 is 6.03 Å². The second-order valence-corrected chi connectivity index (χ2v) is 7.55. The number of urea groups is 1. The van der Waals surface area contributed by atoms with E-state index in [0.29, 0.717) is 23.0 Å². The number of benzene rings is 1. The lowest BCUT2D eigenvalue weighted by atomic mass is 9.93. The van der Waals surface area contributed by atoms with Crippen molar-refractivity contribution in [2.75, 3.05) is 16.0 Å². The van der Waals surface area contributed by atoms with E-state index in [9.17, 15) is 14.4 Å². The monoisotopic (exact) mass is 423 g/mol. The van der Waals surface area contributed by atoms with Crippen molar-refractivity contribution in [3.05, 3.63) is 59.9 Å². The normalized spacial score (nSPS) is 10.9. The molecule has 0 unspecified atom stereocenters.